The second-order valence-corrected chi connectivity index (χ2v) is 7.64. The van der Waals surface area contributed by atoms with E-state index >= 15 is 0 Å². The lowest BCUT2D eigenvalue weighted by Crippen LogP contribution is -2.56. The zero-order valence-corrected chi connectivity index (χ0v) is 17.2. The highest BCUT2D eigenvalue weighted by atomic mass is 16.5. The van der Waals surface area contributed by atoms with Crippen molar-refractivity contribution >= 4 is 23.6 Å². The van der Waals surface area contributed by atoms with Crippen LogP contribution < -0.4 is 9.64 Å². The molecule has 0 saturated carbocycles. The van der Waals surface area contributed by atoms with E-state index in [0.717, 1.165) is 25.3 Å². The fourth-order valence-electron chi connectivity index (χ4n) is 3.92. The number of rotatable bonds is 4. The minimum Gasteiger partial charge on any atom is -0.476 e. The highest BCUT2D eigenvalue weighted by Gasteiger charge is 2.35. The number of carbonyl (C=O) groups is 2. The molecule has 156 valence electrons. The van der Waals surface area contributed by atoms with Crippen LogP contribution in [-0.2, 0) is 9.59 Å². The van der Waals surface area contributed by atoms with Crippen LogP contribution in [-0.4, -0.2) is 67.0 Å². The summed E-state index contributed by atoms with van der Waals surface area (Å²) in [5, 5.41) is 0. The zero-order valence-electron chi connectivity index (χ0n) is 17.2. The summed E-state index contributed by atoms with van der Waals surface area (Å²) in [5.41, 5.74) is 1.92. The van der Waals surface area contributed by atoms with Crippen LogP contribution in [0.1, 0.15) is 12.5 Å². The first-order valence-electron chi connectivity index (χ1n) is 10.4. The molecule has 0 N–H and O–H groups in total. The van der Waals surface area contributed by atoms with E-state index in [-0.39, 0.29) is 18.4 Å². The summed E-state index contributed by atoms with van der Waals surface area (Å²) in [4.78, 5) is 31.0. The SMILES string of the molecule is CC(=O)N1C[C@H](C(=O)N2CCN(C/C=C/c3ccccc3)CC2)Oc2ccccc21. The second-order valence-electron chi connectivity index (χ2n) is 7.64. The number of hydrogen-bond acceptors (Lipinski definition) is 4. The molecule has 6 nitrogen and oxygen atoms in total. The number of amides is 2. The molecule has 2 amide bonds. The third-order valence-electron chi connectivity index (χ3n) is 5.59. The fourth-order valence-corrected chi connectivity index (χ4v) is 3.92. The van der Waals surface area contributed by atoms with Gasteiger partial charge in [0.2, 0.25) is 5.91 Å². The van der Waals surface area contributed by atoms with Gasteiger partial charge in [0.1, 0.15) is 5.75 Å². The van der Waals surface area contributed by atoms with E-state index in [9.17, 15) is 9.59 Å². The Morgan fingerprint density at radius 2 is 1.70 bits per heavy atom. The molecular formula is C24H27N3O3. The molecule has 1 fully saturated rings. The molecule has 0 spiro atoms. The molecule has 2 aliphatic rings. The van der Waals surface area contributed by atoms with Crippen LogP contribution in [0.3, 0.4) is 0 Å². The number of fused-ring (bicyclic) bond motifs is 1. The Labute approximate surface area is 177 Å². The van der Waals surface area contributed by atoms with Gasteiger partial charge in [0, 0.05) is 39.6 Å². The Hall–Kier alpha value is -3.12. The van der Waals surface area contributed by atoms with Gasteiger partial charge in [-0.25, -0.2) is 0 Å². The first-order valence-corrected chi connectivity index (χ1v) is 10.4. The van der Waals surface area contributed by atoms with E-state index in [1.807, 2.05) is 47.4 Å². The van der Waals surface area contributed by atoms with Crippen molar-refractivity contribution in [3.8, 4) is 5.75 Å². The fraction of sp³-hybridized carbons (Fsp3) is 0.333. The Morgan fingerprint density at radius 3 is 2.43 bits per heavy atom. The van der Waals surface area contributed by atoms with Gasteiger partial charge < -0.3 is 14.5 Å². The summed E-state index contributed by atoms with van der Waals surface area (Å²) >= 11 is 0. The monoisotopic (exact) mass is 405 g/mol. The van der Waals surface area contributed by atoms with Crippen molar-refractivity contribution in [2.24, 2.45) is 0 Å². The molecular weight excluding hydrogens is 378 g/mol. The summed E-state index contributed by atoms with van der Waals surface area (Å²) in [6.45, 7) is 5.62. The molecule has 2 aromatic rings. The number of piperazine rings is 1. The lowest BCUT2D eigenvalue weighted by molar-refractivity contribution is -0.140. The van der Waals surface area contributed by atoms with E-state index in [2.05, 4.69) is 29.2 Å². The number of nitrogens with zero attached hydrogens (tertiary/aromatic N) is 3. The maximum Gasteiger partial charge on any atom is 0.265 e. The average Bonchev–Trinajstić information content (AvgIpc) is 2.79. The predicted molar refractivity (Wildman–Crippen MR) is 117 cm³/mol. The Kier molecular flexibility index (Phi) is 6.14. The van der Waals surface area contributed by atoms with Crippen LogP contribution in [0.4, 0.5) is 5.69 Å². The Balaban J connectivity index is 1.32. The zero-order chi connectivity index (χ0) is 20.9. The van der Waals surface area contributed by atoms with E-state index in [4.69, 9.17) is 4.74 Å². The minimum absolute atomic E-state index is 0.0461. The van der Waals surface area contributed by atoms with Crippen LogP contribution in [0.5, 0.6) is 5.75 Å². The molecule has 0 unspecified atom stereocenters. The largest absolute Gasteiger partial charge is 0.476 e. The number of hydrogen-bond donors (Lipinski definition) is 0. The third kappa shape index (κ3) is 4.54. The average molecular weight is 405 g/mol. The van der Waals surface area contributed by atoms with E-state index in [1.165, 1.54) is 12.5 Å². The number of benzene rings is 2. The molecule has 4 rings (SSSR count). The van der Waals surface area contributed by atoms with Crippen LogP contribution in [0.15, 0.2) is 60.7 Å². The van der Waals surface area contributed by atoms with Crippen molar-refractivity contribution in [2.75, 3.05) is 44.2 Å². The van der Waals surface area contributed by atoms with Crippen molar-refractivity contribution in [1.29, 1.82) is 0 Å². The normalized spacial score (nSPS) is 19.4. The molecule has 1 atom stereocenters. The quantitative estimate of drug-likeness (QED) is 0.785. The van der Waals surface area contributed by atoms with Gasteiger partial charge in [0.25, 0.3) is 5.91 Å². The first-order chi connectivity index (χ1) is 14.6. The highest BCUT2D eigenvalue weighted by Crippen LogP contribution is 2.33. The molecule has 0 radical (unpaired) electrons. The van der Waals surface area contributed by atoms with E-state index in [1.54, 1.807) is 4.90 Å². The number of anilines is 1. The summed E-state index contributed by atoms with van der Waals surface area (Å²) in [6, 6.07) is 17.6. The van der Waals surface area contributed by atoms with E-state index < -0.39 is 6.10 Å². The maximum atomic E-state index is 13.1. The topological polar surface area (TPSA) is 53.1 Å². The predicted octanol–water partition coefficient (Wildman–Crippen LogP) is 2.66. The van der Waals surface area contributed by atoms with Crippen LogP contribution in [0.2, 0.25) is 0 Å². The highest BCUT2D eigenvalue weighted by molar-refractivity contribution is 5.95. The van der Waals surface area contributed by atoms with Crippen molar-refractivity contribution < 1.29 is 14.3 Å². The summed E-state index contributed by atoms with van der Waals surface area (Å²) in [6.07, 6.45) is 3.63. The number of para-hydroxylation sites is 2. The van der Waals surface area contributed by atoms with Gasteiger partial charge in [-0.05, 0) is 17.7 Å². The van der Waals surface area contributed by atoms with E-state index in [0.29, 0.717) is 18.8 Å². The van der Waals surface area contributed by atoms with Crippen molar-refractivity contribution in [3.63, 3.8) is 0 Å². The molecule has 0 aromatic heterocycles. The smallest absolute Gasteiger partial charge is 0.265 e. The lowest BCUT2D eigenvalue weighted by Gasteiger charge is -2.39. The first kappa shape index (κ1) is 20.2. The van der Waals surface area contributed by atoms with Gasteiger partial charge in [-0.1, -0.05) is 54.6 Å². The van der Waals surface area contributed by atoms with Gasteiger partial charge >= 0.3 is 0 Å². The van der Waals surface area contributed by atoms with Gasteiger partial charge in [-0.2, -0.15) is 0 Å². The van der Waals surface area contributed by atoms with Crippen LogP contribution in [0.25, 0.3) is 6.08 Å². The van der Waals surface area contributed by atoms with Gasteiger partial charge in [0.05, 0.1) is 12.2 Å². The summed E-state index contributed by atoms with van der Waals surface area (Å²) < 4.78 is 5.96. The van der Waals surface area contributed by atoms with Crippen LogP contribution >= 0.6 is 0 Å². The number of carbonyl (C=O) groups excluding carboxylic acids is 2. The van der Waals surface area contributed by atoms with Crippen LogP contribution in [0, 0.1) is 0 Å². The molecule has 0 bridgehead atoms. The molecule has 0 aliphatic carbocycles. The molecule has 2 heterocycles. The number of ether oxygens (including phenoxy) is 1. The second kappa shape index (κ2) is 9.13. The Bertz CT molecular complexity index is 920. The van der Waals surface area contributed by atoms with Gasteiger partial charge in [0.15, 0.2) is 6.10 Å². The van der Waals surface area contributed by atoms with Crippen molar-refractivity contribution in [2.45, 2.75) is 13.0 Å². The molecule has 30 heavy (non-hydrogen) atoms. The van der Waals surface area contributed by atoms with Crippen molar-refractivity contribution in [1.82, 2.24) is 9.80 Å². The summed E-state index contributed by atoms with van der Waals surface area (Å²) in [7, 11) is 0. The summed E-state index contributed by atoms with van der Waals surface area (Å²) in [5.74, 6) is 0.454. The van der Waals surface area contributed by atoms with Gasteiger partial charge in [-0.3, -0.25) is 14.5 Å². The molecule has 1 saturated heterocycles. The lowest BCUT2D eigenvalue weighted by atomic mass is 10.1. The molecule has 2 aromatic carbocycles. The Morgan fingerprint density at radius 1 is 1.00 bits per heavy atom. The minimum atomic E-state index is -0.659. The molecule has 2 aliphatic heterocycles. The standard InChI is InChI=1S/C24H27N3O3/c1-19(28)27-18-23(30-22-12-6-5-11-21(22)27)24(29)26-16-14-25(15-17-26)13-7-10-20-8-3-2-4-9-20/h2-12,23H,13-18H2,1H3/b10-7+/t23-/m1/s1. The van der Waals surface area contributed by atoms with Gasteiger partial charge in [-0.15, -0.1) is 0 Å². The van der Waals surface area contributed by atoms with Crippen molar-refractivity contribution in [3.05, 3.63) is 66.2 Å². The third-order valence-corrected chi connectivity index (χ3v) is 5.59. The maximum absolute atomic E-state index is 13.1. The molecule has 6 heteroatoms.